The molecular weight excluding hydrogens is 224 g/mol. The Labute approximate surface area is 97.9 Å². The van der Waals surface area contributed by atoms with Crippen molar-refractivity contribution in [2.45, 2.75) is 19.5 Å². The highest BCUT2D eigenvalue weighted by Gasteiger charge is 2.08. The highest BCUT2D eigenvalue weighted by Crippen LogP contribution is 2.22. The SMILES string of the molecule is NCc1ccccc1-c1cnn(CC(F)F)c1. The second-order valence-electron chi connectivity index (χ2n) is 3.70. The predicted molar refractivity (Wildman–Crippen MR) is 61.6 cm³/mol. The number of aromatic nitrogens is 2. The summed E-state index contributed by atoms with van der Waals surface area (Å²) < 4.78 is 25.6. The molecule has 0 spiro atoms. The van der Waals surface area contributed by atoms with Gasteiger partial charge in [-0.1, -0.05) is 24.3 Å². The van der Waals surface area contributed by atoms with E-state index in [1.54, 1.807) is 12.4 Å². The van der Waals surface area contributed by atoms with Crippen LogP contribution in [-0.4, -0.2) is 16.2 Å². The average Bonchev–Trinajstić information content (AvgIpc) is 2.76. The van der Waals surface area contributed by atoms with E-state index in [9.17, 15) is 8.78 Å². The van der Waals surface area contributed by atoms with Crippen LogP contribution in [0.25, 0.3) is 11.1 Å². The van der Waals surface area contributed by atoms with E-state index in [2.05, 4.69) is 5.10 Å². The Morgan fingerprint density at radius 3 is 2.76 bits per heavy atom. The largest absolute Gasteiger partial charge is 0.326 e. The molecule has 5 heteroatoms. The predicted octanol–water partition coefficient (Wildman–Crippen LogP) is 2.27. The molecule has 0 unspecified atom stereocenters. The van der Waals surface area contributed by atoms with Crippen LogP contribution in [0.3, 0.4) is 0 Å². The van der Waals surface area contributed by atoms with Crippen molar-refractivity contribution in [3.8, 4) is 11.1 Å². The van der Waals surface area contributed by atoms with E-state index in [1.807, 2.05) is 24.3 Å². The van der Waals surface area contributed by atoms with Crippen molar-refractivity contribution in [2.75, 3.05) is 0 Å². The summed E-state index contributed by atoms with van der Waals surface area (Å²) >= 11 is 0. The minimum atomic E-state index is -2.40. The fraction of sp³-hybridized carbons (Fsp3) is 0.250. The minimum absolute atomic E-state index is 0.384. The van der Waals surface area contributed by atoms with Crippen molar-refractivity contribution in [3.63, 3.8) is 0 Å². The van der Waals surface area contributed by atoms with Gasteiger partial charge >= 0.3 is 0 Å². The van der Waals surface area contributed by atoms with E-state index in [4.69, 9.17) is 5.73 Å². The molecule has 0 saturated carbocycles. The van der Waals surface area contributed by atoms with Crippen LogP contribution in [0.5, 0.6) is 0 Å². The molecule has 0 amide bonds. The second kappa shape index (κ2) is 5.05. The molecule has 0 bridgehead atoms. The summed E-state index contributed by atoms with van der Waals surface area (Å²) in [7, 11) is 0. The molecule has 2 N–H and O–H groups in total. The van der Waals surface area contributed by atoms with Crippen LogP contribution in [0.2, 0.25) is 0 Å². The average molecular weight is 237 g/mol. The van der Waals surface area contributed by atoms with Gasteiger partial charge in [0.25, 0.3) is 6.43 Å². The van der Waals surface area contributed by atoms with Gasteiger partial charge in [-0.25, -0.2) is 8.78 Å². The highest BCUT2D eigenvalue weighted by atomic mass is 19.3. The summed E-state index contributed by atoms with van der Waals surface area (Å²) in [6, 6.07) is 7.61. The van der Waals surface area contributed by atoms with Crippen LogP contribution in [0, 0.1) is 0 Å². The topological polar surface area (TPSA) is 43.8 Å². The van der Waals surface area contributed by atoms with Gasteiger partial charge in [-0.05, 0) is 11.1 Å². The lowest BCUT2D eigenvalue weighted by Gasteiger charge is -2.04. The second-order valence-corrected chi connectivity index (χ2v) is 3.70. The molecule has 0 aliphatic rings. The Balaban J connectivity index is 2.30. The zero-order valence-electron chi connectivity index (χ0n) is 9.18. The first kappa shape index (κ1) is 11.7. The first-order chi connectivity index (χ1) is 8.20. The molecule has 2 aromatic rings. The summed E-state index contributed by atoms with van der Waals surface area (Å²) in [5, 5.41) is 3.90. The first-order valence-corrected chi connectivity index (χ1v) is 5.29. The van der Waals surface area contributed by atoms with Gasteiger partial charge in [-0.2, -0.15) is 5.10 Å². The Kier molecular flexibility index (Phi) is 3.49. The maximum Gasteiger partial charge on any atom is 0.257 e. The Morgan fingerprint density at radius 2 is 2.06 bits per heavy atom. The molecule has 0 aliphatic carbocycles. The number of hydrogen-bond acceptors (Lipinski definition) is 2. The normalized spacial score (nSPS) is 11.1. The van der Waals surface area contributed by atoms with Crippen molar-refractivity contribution in [1.29, 1.82) is 0 Å². The number of alkyl halides is 2. The van der Waals surface area contributed by atoms with Crippen LogP contribution in [0.1, 0.15) is 5.56 Å². The van der Waals surface area contributed by atoms with Crippen molar-refractivity contribution in [2.24, 2.45) is 5.73 Å². The van der Waals surface area contributed by atoms with Gasteiger partial charge in [0.15, 0.2) is 0 Å². The summed E-state index contributed by atoms with van der Waals surface area (Å²) in [5.74, 6) is 0. The van der Waals surface area contributed by atoms with E-state index < -0.39 is 6.43 Å². The molecule has 1 heterocycles. The third-order valence-corrected chi connectivity index (χ3v) is 2.51. The number of hydrogen-bond donors (Lipinski definition) is 1. The lowest BCUT2D eigenvalue weighted by atomic mass is 10.0. The Morgan fingerprint density at radius 1 is 1.29 bits per heavy atom. The van der Waals surface area contributed by atoms with E-state index in [1.165, 1.54) is 4.68 Å². The zero-order chi connectivity index (χ0) is 12.3. The molecule has 0 saturated heterocycles. The van der Waals surface area contributed by atoms with Gasteiger partial charge < -0.3 is 5.73 Å². The van der Waals surface area contributed by atoms with Gasteiger partial charge in [0.05, 0.1) is 6.20 Å². The van der Waals surface area contributed by atoms with Crippen LogP contribution >= 0.6 is 0 Å². The fourth-order valence-corrected chi connectivity index (χ4v) is 1.72. The van der Waals surface area contributed by atoms with Gasteiger partial charge in [0.1, 0.15) is 6.54 Å². The Bertz CT molecular complexity index is 494. The molecule has 0 aliphatic heterocycles. The van der Waals surface area contributed by atoms with Crippen LogP contribution in [0.4, 0.5) is 8.78 Å². The van der Waals surface area contributed by atoms with E-state index >= 15 is 0 Å². The minimum Gasteiger partial charge on any atom is -0.326 e. The molecule has 17 heavy (non-hydrogen) atoms. The third kappa shape index (κ3) is 2.68. The molecule has 90 valence electrons. The van der Waals surface area contributed by atoms with E-state index in [0.717, 1.165) is 16.7 Å². The summed E-state index contributed by atoms with van der Waals surface area (Å²) in [6.45, 7) is 0.0288. The number of halogens is 2. The standard InChI is InChI=1S/C12H13F2N3/c13-12(14)8-17-7-10(6-16-17)11-4-2-1-3-9(11)5-15/h1-4,6-7,12H,5,8,15H2. The molecular formula is C12H13F2N3. The molecule has 0 atom stereocenters. The molecule has 2 rings (SSSR count). The molecule has 3 nitrogen and oxygen atoms in total. The van der Waals surface area contributed by atoms with E-state index in [-0.39, 0.29) is 6.54 Å². The highest BCUT2D eigenvalue weighted by molar-refractivity contribution is 5.65. The third-order valence-electron chi connectivity index (χ3n) is 2.51. The maximum atomic E-state index is 12.2. The van der Waals surface area contributed by atoms with Gasteiger partial charge in [-0.3, -0.25) is 4.68 Å². The number of benzene rings is 1. The zero-order valence-corrected chi connectivity index (χ0v) is 9.18. The summed E-state index contributed by atoms with van der Waals surface area (Å²) in [5.41, 5.74) is 8.36. The lowest BCUT2D eigenvalue weighted by molar-refractivity contribution is 0.122. The van der Waals surface area contributed by atoms with Crippen molar-refractivity contribution in [1.82, 2.24) is 9.78 Å². The van der Waals surface area contributed by atoms with Crippen molar-refractivity contribution >= 4 is 0 Å². The molecule has 0 radical (unpaired) electrons. The maximum absolute atomic E-state index is 12.2. The molecule has 0 fully saturated rings. The summed E-state index contributed by atoms with van der Waals surface area (Å²) in [4.78, 5) is 0. The number of nitrogens with zero attached hydrogens (tertiary/aromatic N) is 2. The number of nitrogens with two attached hydrogens (primary N) is 1. The lowest BCUT2D eigenvalue weighted by Crippen LogP contribution is -2.06. The molecule has 1 aromatic heterocycles. The smallest absolute Gasteiger partial charge is 0.257 e. The quantitative estimate of drug-likeness (QED) is 0.886. The monoisotopic (exact) mass is 237 g/mol. The van der Waals surface area contributed by atoms with Gasteiger partial charge in [0.2, 0.25) is 0 Å². The van der Waals surface area contributed by atoms with Crippen molar-refractivity contribution in [3.05, 3.63) is 42.2 Å². The summed E-state index contributed by atoms with van der Waals surface area (Å²) in [6.07, 6.45) is 0.796. The first-order valence-electron chi connectivity index (χ1n) is 5.29. The molecule has 1 aromatic carbocycles. The van der Waals surface area contributed by atoms with Crippen LogP contribution in [-0.2, 0) is 13.1 Å². The van der Waals surface area contributed by atoms with Crippen LogP contribution in [0.15, 0.2) is 36.7 Å². The van der Waals surface area contributed by atoms with E-state index in [0.29, 0.717) is 6.54 Å². The number of rotatable bonds is 4. The van der Waals surface area contributed by atoms with Crippen LogP contribution < -0.4 is 5.73 Å². The van der Waals surface area contributed by atoms with Gasteiger partial charge in [-0.15, -0.1) is 0 Å². The fourth-order valence-electron chi connectivity index (χ4n) is 1.72. The Hall–Kier alpha value is -1.75. The van der Waals surface area contributed by atoms with Gasteiger partial charge in [0, 0.05) is 18.3 Å². The van der Waals surface area contributed by atoms with Crippen molar-refractivity contribution < 1.29 is 8.78 Å².